The Bertz CT molecular complexity index is 355. The summed E-state index contributed by atoms with van der Waals surface area (Å²) in [5, 5.41) is 3.14. The first kappa shape index (κ1) is 12.4. The Morgan fingerprint density at radius 2 is 2.44 bits per heavy atom. The Balaban J connectivity index is 2.45. The number of aromatic nitrogens is 1. The van der Waals surface area contributed by atoms with Gasteiger partial charge in [0.1, 0.15) is 0 Å². The second-order valence-electron chi connectivity index (χ2n) is 3.61. The normalized spacial score (nSPS) is 12.1. The van der Waals surface area contributed by atoms with Crippen LogP contribution in [0.25, 0.3) is 0 Å². The van der Waals surface area contributed by atoms with E-state index in [2.05, 4.69) is 10.3 Å². The zero-order valence-electron chi connectivity index (χ0n) is 9.56. The van der Waals surface area contributed by atoms with Gasteiger partial charge in [-0.05, 0) is 6.07 Å². The highest BCUT2D eigenvalue weighted by Gasteiger charge is 2.08. The number of hydrogen-bond donors (Lipinski definition) is 2. The molecule has 1 aromatic rings. The van der Waals surface area contributed by atoms with Crippen LogP contribution < -0.4 is 15.8 Å². The van der Waals surface area contributed by atoms with E-state index in [1.165, 1.54) is 0 Å². The Hall–Kier alpha value is -1.62. The standard InChI is InChI=1S/C11H17N3O2/c1-8(10(12)15)6-13-7-9-4-3-5-14-11(9)16-2/h3-5,8,13H,6-7H2,1-2H3,(H2,12,15). The number of hydrogen-bond acceptors (Lipinski definition) is 4. The van der Waals surface area contributed by atoms with Crippen molar-refractivity contribution in [1.29, 1.82) is 0 Å². The molecule has 0 radical (unpaired) electrons. The van der Waals surface area contributed by atoms with Crippen LogP contribution in [-0.4, -0.2) is 24.5 Å². The van der Waals surface area contributed by atoms with E-state index >= 15 is 0 Å². The van der Waals surface area contributed by atoms with Crippen molar-refractivity contribution in [1.82, 2.24) is 10.3 Å². The molecule has 0 aliphatic rings. The number of methoxy groups -OCH3 is 1. The van der Waals surface area contributed by atoms with E-state index < -0.39 is 0 Å². The lowest BCUT2D eigenvalue weighted by Gasteiger charge is -2.10. The maximum atomic E-state index is 10.8. The molecule has 0 saturated heterocycles. The lowest BCUT2D eigenvalue weighted by Crippen LogP contribution is -2.30. The predicted molar refractivity (Wildman–Crippen MR) is 60.9 cm³/mol. The van der Waals surface area contributed by atoms with Gasteiger partial charge in [0.25, 0.3) is 0 Å². The van der Waals surface area contributed by atoms with Crippen LogP contribution in [0, 0.1) is 5.92 Å². The Kier molecular flexibility index (Phi) is 4.72. The molecule has 1 heterocycles. The molecule has 88 valence electrons. The largest absolute Gasteiger partial charge is 0.481 e. The number of carbonyl (C=O) groups excluding carboxylic acids is 1. The molecule has 0 aromatic carbocycles. The van der Waals surface area contributed by atoms with Gasteiger partial charge in [-0.15, -0.1) is 0 Å². The van der Waals surface area contributed by atoms with Gasteiger partial charge in [-0.2, -0.15) is 0 Å². The van der Waals surface area contributed by atoms with Crippen LogP contribution in [-0.2, 0) is 11.3 Å². The molecule has 1 unspecified atom stereocenters. The van der Waals surface area contributed by atoms with Crippen molar-refractivity contribution < 1.29 is 9.53 Å². The number of rotatable bonds is 6. The Labute approximate surface area is 95.0 Å². The van der Waals surface area contributed by atoms with Gasteiger partial charge in [-0.3, -0.25) is 4.79 Å². The minimum Gasteiger partial charge on any atom is -0.481 e. The summed E-state index contributed by atoms with van der Waals surface area (Å²) < 4.78 is 5.11. The molecule has 16 heavy (non-hydrogen) atoms. The molecule has 0 bridgehead atoms. The zero-order valence-corrected chi connectivity index (χ0v) is 9.56. The summed E-state index contributed by atoms with van der Waals surface area (Å²) in [6, 6.07) is 3.77. The predicted octanol–water partition coefficient (Wildman–Crippen LogP) is 0.301. The molecule has 1 amide bonds. The second-order valence-corrected chi connectivity index (χ2v) is 3.61. The SMILES string of the molecule is COc1ncccc1CNCC(C)C(N)=O. The van der Waals surface area contributed by atoms with E-state index in [-0.39, 0.29) is 11.8 Å². The van der Waals surface area contributed by atoms with Gasteiger partial charge in [-0.1, -0.05) is 13.0 Å². The van der Waals surface area contributed by atoms with Crippen LogP contribution in [0.4, 0.5) is 0 Å². The van der Waals surface area contributed by atoms with Gasteiger partial charge in [-0.25, -0.2) is 4.98 Å². The van der Waals surface area contributed by atoms with Crippen LogP contribution in [0.2, 0.25) is 0 Å². The highest BCUT2D eigenvalue weighted by molar-refractivity contribution is 5.76. The van der Waals surface area contributed by atoms with Crippen molar-refractivity contribution in [2.75, 3.05) is 13.7 Å². The maximum Gasteiger partial charge on any atom is 0.221 e. The number of nitrogens with two attached hydrogens (primary N) is 1. The number of carbonyl (C=O) groups is 1. The smallest absolute Gasteiger partial charge is 0.221 e. The number of primary amides is 1. The van der Waals surface area contributed by atoms with Crippen LogP contribution in [0.1, 0.15) is 12.5 Å². The molecule has 1 aromatic heterocycles. The van der Waals surface area contributed by atoms with Crippen molar-refractivity contribution in [2.24, 2.45) is 11.7 Å². The molecule has 0 aliphatic carbocycles. The van der Waals surface area contributed by atoms with Gasteiger partial charge in [0.2, 0.25) is 11.8 Å². The van der Waals surface area contributed by atoms with E-state index in [0.29, 0.717) is 19.0 Å². The lowest BCUT2D eigenvalue weighted by atomic mass is 10.1. The van der Waals surface area contributed by atoms with Crippen molar-refractivity contribution >= 4 is 5.91 Å². The molecule has 0 saturated carbocycles. The number of ether oxygens (including phenoxy) is 1. The summed E-state index contributed by atoms with van der Waals surface area (Å²) in [4.78, 5) is 14.9. The van der Waals surface area contributed by atoms with Crippen molar-refractivity contribution in [2.45, 2.75) is 13.5 Å². The summed E-state index contributed by atoms with van der Waals surface area (Å²) in [6.07, 6.45) is 1.67. The van der Waals surface area contributed by atoms with Crippen molar-refractivity contribution in [3.8, 4) is 5.88 Å². The van der Waals surface area contributed by atoms with Crippen LogP contribution in [0.3, 0.4) is 0 Å². The minimum atomic E-state index is -0.300. The summed E-state index contributed by atoms with van der Waals surface area (Å²) in [5.74, 6) is 0.120. The molecule has 0 spiro atoms. The van der Waals surface area contributed by atoms with E-state index in [0.717, 1.165) is 5.56 Å². The summed E-state index contributed by atoms with van der Waals surface area (Å²) >= 11 is 0. The highest BCUT2D eigenvalue weighted by atomic mass is 16.5. The lowest BCUT2D eigenvalue weighted by molar-refractivity contribution is -0.121. The van der Waals surface area contributed by atoms with Gasteiger partial charge >= 0.3 is 0 Å². The highest BCUT2D eigenvalue weighted by Crippen LogP contribution is 2.12. The van der Waals surface area contributed by atoms with Crippen molar-refractivity contribution in [3.05, 3.63) is 23.9 Å². The molecule has 0 aliphatic heterocycles. The van der Waals surface area contributed by atoms with E-state index in [9.17, 15) is 4.79 Å². The second kappa shape index (κ2) is 6.07. The third-order valence-corrected chi connectivity index (χ3v) is 2.29. The summed E-state index contributed by atoms with van der Waals surface area (Å²) in [7, 11) is 1.58. The number of nitrogens with zero attached hydrogens (tertiary/aromatic N) is 1. The quantitative estimate of drug-likeness (QED) is 0.727. The molecule has 1 rings (SSSR count). The first-order valence-corrected chi connectivity index (χ1v) is 5.13. The monoisotopic (exact) mass is 223 g/mol. The first-order chi connectivity index (χ1) is 7.65. The minimum absolute atomic E-state index is 0.178. The average molecular weight is 223 g/mol. The van der Waals surface area contributed by atoms with E-state index in [1.54, 1.807) is 20.2 Å². The van der Waals surface area contributed by atoms with Gasteiger partial charge in [0.05, 0.1) is 7.11 Å². The number of pyridine rings is 1. The van der Waals surface area contributed by atoms with Crippen LogP contribution in [0.5, 0.6) is 5.88 Å². The molecule has 5 heteroatoms. The van der Waals surface area contributed by atoms with Gasteiger partial charge < -0.3 is 15.8 Å². The van der Waals surface area contributed by atoms with Crippen molar-refractivity contribution in [3.63, 3.8) is 0 Å². The molecule has 0 fully saturated rings. The third-order valence-electron chi connectivity index (χ3n) is 2.29. The molecular formula is C11H17N3O2. The topological polar surface area (TPSA) is 77.2 Å². The average Bonchev–Trinajstić information content (AvgIpc) is 2.29. The fraction of sp³-hybridized carbons (Fsp3) is 0.455. The van der Waals surface area contributed by atoms with E-state index in [1.807, 2.05) is 12.1 Å². The van der Waals surface area contributed by atoms with Crippen LogP contribution in [0.15, 0.2) is 18.3 Å². The molecular weight excluding hydrogens is 206 g/mol. The van der Waals surface area contributed by atoms with E-state index in [4.69, 9.17) is 10.5 Å². The molecule has 1 atom stereocenters. The Morgan fingerprint density at radius 3 is 3.06 bits per heavy atom. The van der Waals surface area contributed by atoms with Gasteiger partial charge in [0.15, 0.2) is 0 Å². The summed E-state index contributed by atoms with van der Waals surface area (Å²) in [6.45, 7) is 2.94. The Morgan fingerprint density at radius 1 is 1.69 bits per heavy atom. The molecule has 3 N–H and O–H groups in total. The van der Waals surface area contributed by atoms with Gasteiger partial charge in [0, 0.05) is 30.8 Å². The first-order valence-electron chi connectivity index (χ1n) is 5.13. The number of nitrogens with one attached hydrogen (secondary N) is 1. The zero-order chi connectivity index (χ0) is 12.0. The fourth-order valence-corrected chi connectivity index (χ4v) is 1.27. The fourth-order valence-electron chi connectivity index (χ4n) is 1.27. The third kappa shape index (κ3) is 3.51. The molecule has 5 nitrogen and oxygen atoms in total. The van der Waals surface area contributed by atoms with Crippen LogP contribution >= 0.6 is 0 Å². The maximum absolute atomic E-state index is 10.8. The number of amides is 1. The summed E-state index contributed by atoms with van der Waals surface area (Å²) in [5.41, 5.74) is 6.12.